The van der Waals surface area contributed by atoms with Crippen molar-refractivity contribution in [3.05, 3.63) is 33.3 Å². The zero-order chi connectivity index (χ0) is 13.1. The summed E-state index contributed by atoms with van der Waals surface area (Å²) >= 11 is 9.15. The molecule has 0 aliphatic carbocycles. The standard InChI is InChI=1S/C11H12BrClF3N/c1-17-10(4-5-11(14,15)16)8-6-7(13)2-3-9(8)12/h2-3,6,10,17H,4-5H2,1H3. The molecule has 0 amide bonds. The Morgan fingerprint density at radius 1 is 1.41 bits per heavy atom. The second-order valence-corrected chi connectivity index (χ2v) is 4.95. The van der Waals surface area contributed by atoms with Crippen LogP contribution in [0.5, 0.6) is 0 Å². The van der Waals surface area contributed by atoms with Gasteiger partial charge in [0, 0.05) is 22.0 Å². The normalized spacial score (nSPS) is 13.8. The molecule has 1 unspecified atom stereocenters. The van der Waals surface area contributed by atoms with Gasteiger partial charge in [-0.15, -0.1) is 0 Å². The molecule has 1 N–H and O–H groups in total. The zero-order valence-corrected chi connectivity index (χ0v) is 11.5. The minimum Gasteiger partial charge on any atom is -0.313 e. The van der Waals surface area contributed by atoms with Gasteiger partial charge < -0.3 is 5.32 Å². The molecule has 0 fully saturated rings. The van der Waals surface area contributed by atoms with E-state index in [9.17, 15) is 13.2 Å². The van der Waals surface area contributed by atoms with E-state index in [1.807, 2.05) is 0 Å². The molecule has 17 heavy (non-hydrogen) atoms. The van der Waals surface area contributed by atoms with Gasteiger partial charge in [-0.2, -0.15) is 13.2 Å². The Balaban J connectivity index is 2.82. The molecular weight excluding hydrogens is 318 g/mol. The molecule has 0 saturated carbocycles. The molecule has 0 saturated heterocycles. The van der Waals surface area contributed by atoms with Crippen LogP contribution in [0.3, 0.4) is 0 Å². The van der Waals surface area contributed by atoms with Crippen LogP contribution in [0.25, 0.3) is 0 Å². The lowest BCUT2D eigenvalue weighted by atomic mass is 10.0. The Bertz CT molecular complexity index is 381. The van der Waals surface area contributed by atoms with E-state index in [-0.39, 0.29) is 12.5 Å². The largest absolute Gasteiger partial charge is 0.389 e. The van der Waals surface area contributed by atoms with E-state index < -0.39 is 12.6 Å². The van der Waals surface area contributed by atoms with E-state index >= 15 is 0 Å². The third-order valence-electron chi connectivity index (χ3n) is 2.40. The summed E-state index contributed by atoms with van der Waals surface area (Å²) in [5.74, 6) is 0. The van der Waals surface area contributed by atoms with Crippen molar-refractivity contribution in [2.45, 2.75) is 25.1 Å². The minimum atomic E-state index is -4.14. The van der Waals surface area contributed by atoms with E-state index in [1.165, 1.54) is 0 Å². The first-order chi connectivity index (χ1) is 7.83. The van der Waals surface area contributed by atoms with Crippen molar-refractivity contribution < 1.29 is 13.2 Å². The van der Waals surface area contributed by atoms with Gasteiger partial charge in [0.15, 0.2) is 0 Å². The van der Waals surface area contributed by atoms with Gasteiger partial charge in [0.2, 0.25) is 0 Å². The fourth-order valence-electron chi connectivity index (χ4n) is 1.54. The van der Waals surface area contributed by atoms with Crippen LogP contribution in [0.1, 0.15) is 24.4 Å². The monoisotopic (exact) mass is 329 g/mol. The van der Waals surface area contributed by atoms with Gasteiger partial charge in [0.1, 0.15) is 0 Å². The third kappa shape index (κ3) is 4.85. The summed E-state index contributed by atoms with van der Waals surface area (Å²) in [6.07, 6.45) is -4.98. The van der Waals surface area contributed by atoms with Crippen LogP contribution in [0.15, 0.2) is 22.7 Å². The lowest BCUT2D eigenvalue weighted by Crippen LogP contribution is -2.20. The number of nitrogens with one attached hydrogen (secondary N) is 1. The van der Waals surface area contributed by atoms with Crippen molar-refractivity contribution in [3.8, 4) is 0 Å². The van der Waals surface area contributed by atoms with Crippen LogP contribution in [0.2, 0.25) is 5.02 Å². The lowest BCUT2D eigenvalue weighted by molar-refractivity contribution is -0.136. The second-order valence-electron chi connectivity index (χ2n) is 3.66. The molecular formula is C11H12BrClF3N. The average Bonchev–Trinajstić information content (AvgIpc) is 2.22. The molecule has 6 heteroatoms. The quantitative estimate of drug-likeness (QED) is 0.843. The highest BCUT2D eigenvalue weighted by molar-refractivity contribution is 9.10. The van der Waals surface area contributed by atoms with Crippen molar-refractivity contribution in [2.24, 2.45) is 0 Å². The molecule has 96 valence electrons. The van der Waals surface area contributed by atoms with Crippen LogP contribution < -0.4 is 5.32 Å². The van der Waals surface area contributed by atoms with Crippen LogP contribution >= 0.6 is 27.5 Å². The Kier molecular flexibility index (Phi) is 5.28. The van der Waals surface area contributed by atoms with Gasteiger partial charge in [-0.1, -0.05) is 27.5 Å². The van der Waals surface area contributed by atoms with E-state index in [0.717, 1.165) is 10.0 Å². The van der Waals surface area contributed by atoms with Crippen LogP contribution in [-0.2, 0) is 0 Å². The summed E-state index contributed by atoms with van der Waals surface area (Å²) in [5.41, 5.74) is 0.740. The topological polar surface area (TPSA) is 12.0 Å². The Morgan fingerprint density at radius 2 is 2.06 bits per heavy atom. The Hall–Kier alpha value is -0.260. The minimum absolute atomic E-state index is 0.0149. The first kappa shape index (κ1) is 14.8. The van der Waals surface area contributed by atoms with Gasteiger partial charge in [-0.3, -0.25) is 0 Å². The molecule has 0 bridgehead atoms. The van der Waals surface area contributed by atoms with Crippen molar-refractivity contribution in [3.63, 3.8) is 0 Å². The van der Waals surface area contributed by atoms with Gasteiger partial charge in [0.25, 0.3) is 0 Å². The predicted octanol–water partition coefficient (Wildman–Crippen LogP) is 4.71. The molecule has 1 aromatic rings. The highest BCUT2D eigenvalue weighted by atomic mass is 79.9. The van der Waals surface area contributed by atoms with Gasteiger partial charge in [-0.05, 0) is 37.2 Å². The SMILES string of the molecule is CNC(CCC(F)(F)F)c1cc(Cl)ccc1Br. The average molecular weight is 331 g/mol. The molecule has 1 atom stereocenters. The highest BCUT2D eigenvalue weighted by Gasteiger charge is 2.28. The molecule has 0 aliphatic rings. The number of alkyl halides is 3. The number of benzene rings is 1. The first-order valence-corrected chi connectivity index (χ1v) is 6.19. The van der Waals surface area contributed by atoms with E-state index in [4.69, 9.17) is 11.6 Å². The molecule has 0 spiro atoms. The number of rotatable bonds is 4. The van der Waals surface area contributed by atoms with Crippen molar-refractivity contribution >= 4 is 27.5 Å². The second kappa shape index (κ2) is 6.07. The molecule has 1 rings (SSSR count). The smallest absolute Gasteiger partial charge is 0.313 e. The highest BCUT2D eigenvalue weighted by Crippen LogP contribution is 2.32. The zero-order valence-electron chi connectivity index (χ0n) is 9.11. The van der Waals surface area contributed by atoms with Crippen LogP contribution in [-0.4, -0.2) is 13.2 Å². The number of halogens is 5. The fourth-order valence-corrected chi connectivity index (χ4v) is 2.25. The molecule has 1 aromatic carbocycles. The van der Waals surface area contributed by atoms with Gasteiger partial charge >= 0.3 is 6.18 Å². The molecule has 0 heterocycles. The third-order valence-corrected chi connectivity index (χ3v) is 3.36. The maximum absolute atomic E-state index is 12.2. The molecule has 0 aromatic heterocycles. The molecule has 0 aliphatic heterocycles. The molecule has 1 nitrogen and oxygen atoms in total. The Morgan fingerprint density at radius 3 is 2.59 bits per heavy atom. The van der Waals surface area contributed by atoms with Crippen molar-refractivity contribution in [1.82, 2.24) is 5.32 Å². The number of hydrogen-bond donors (Lipinski definition) is 1. The van der Waals surface area contributed by atoms with Crippen molar-refractivity contribution in [1.29, 1.82) is 0 Å². The lowest BCUT2D eigenvalue weighted by Gasteiger charge is -2.19. The summed E-state index contributed by atoms with van der Waals surface area (Å²) in [4.78, 5) is 0. The Labute approximate surface area is 111 Å². The first-order valence-electron chi connectivity index (χ1n) is 5.02. The molecule has 0 radical (unpaired) electrons. The summed E-state index contributed by atoms with van der Waals surface area (Å²) < 4.78 is 37.3. The van der Waals surface area contributed by atoms with E-state index in [0.29, 0.717) is 5.02 Å². The van der Waals surface area contributed by atoms with Crippen LogP contribution in [0.4, 0.5) is 13.2 Å². The van der Waals surface area contributed by atoms with Crippen LogP contribution in [0, 0.1) is 0 Å². The summed E-state index contributed by atoms with van der Waals surface area (Å²) in [6, 6.07) is 4.72. The van der Waals surface area contributed by atoms with E-state index in [2.05, 4.69) is 21.2 Å². The maximum atomic E-state index is 12.2. The predicted molar refractivity (Wildman–Crippen MR) is 66.2 cm³/mol. The maximum Gasteiger partial charge on any atom is 0.389 e. The summed E-state index contributed by atoms with van der Waals surface area (Å²) in [6.45, 7) is 0. The fraction of sp³-hybridized carbons (Fsp3) is 0.455. The summed E-state index contributed by atoms with van der Waals surface area (Å²) in [7, 11) is 1.63. The van der Waals surface area contributed by atoms with E-state index in [1.54, 1.807) is 25.2 Å². The van der Waals surface area contributed by atoms with Crippen molar-refractivity contribution in [2.75, 3.05) is 7.05 Å². The summed E-state index contributed by atoms with van der Waals surface area (Å²) in [5, 5.41) is 3.38. The van der Waals surface area contributed by atoms with Gasteiger partial charge in [0.05, 0.1) is 0 Å². The number of hydrogen-bond acceptors (Lipinski definition) is 1. The van der Waals surface area contributed by atoms with Gasteiger partial charge in [-0.25, -0.2) is 0 Å².